The minimum absolute atomic E-state index is 0.0493. The number of ether oxygens (including phenoxy) is 3. The molecule has 0 fully saturated rings. The molecule has 4 rings (SSSR count). The maximum atomic E-state index is 13.4. The zero-order chi connectivity index (χ0) is 37.5. The molecule has 0 saturated heterocycles. The van der Waals surface area contributed by atoms with E-state index in [4.69, 9.17) is 14.2 Å². The standard InChI is InChI=1S/C43H58O8/c1-26(2)12-9-13-27(3)14-10-15-28(4)16-11-22-43(8)23-21-34-31(7)39(29(5)30(6)40(34)51-43)50-42(48)36-25-33(18-20-38(36)46)49-41(47)35-24-32(44)17-19-37(35)45/h17-20,24-28,44-46H,9-16,21-23H2,1-8H3. The Morgan fingerprint density at radius 1 is 0.745 bits per heavy atom. The Morgan fingerprint density at radius 2 is 1.31 bits per heavy atom. The summed E-state index contributed by atoms with van der Waals surface area (Å²) in [6, 6.07) is 7.22. The Morgan fingerprint density at radius 3 is 1.96 bits per heavy atom. The van der Waals surface area contributed by atoms with Crippen LogP contribution in [-0.4, -0.2) is 32.9 Å². The molecule has 0 radical (unpaired) electrons. The van der Waals surface area contributed by atoms with Crippen LogP contribution in [0.4, 0.5) is 0 Å². The SMILES string of the molecule is Cc1c(C)c2c(c(C)c1OC(=O)c1cc(OC(=O)c3cc(O)ccc3O)ccc1O)CCC(C)(CCCC(C)CCCC(C)CCCC(C)C)O2. The van der Waals surface area contributed by atoms with E-state index in [9.17, 15) is 24.9 Å². The monoisotopic (exact) mass is 702 g/mol. The van der Waals surface area contributed by atoms with Gasteiger partial charge in [0.15, 0.2) is 0 Å². The number of hydrogen-bond donors (Lipinski definition) is 3. The second-order valence-corrected chi connectivity index (χ2v) is 15.6. The summed E-state index contributed by atoms with van der Waals surface area (Å²) in [5, 5.41) is 30.3. The highest BCUT2D eigenvalue weighted by Crippen LogP contribution is 2.45. The number of fused-ring (bicyclic) bond motifs is 1. The van der Waals surface area contributed by atoms with Crippen molar-refractivity contribution in [3.05, 3.63) is 69.8 Å². The van der Waals surface area contributed by atoms with E-state index in [1.165, 1.54) is 75.3 Å². The number of phenols is 3. The summed E-state index contributed by atoms with van der Waals surface area (Å²) in [5.41, 5.74) is 2.82. The molecule has 0 aromatic heterocycles. The van der Waals surface area contributed by atoms with Crippen molar-refractivity contribution in [2.75, 3.05) is 0 Å². The smallest absolute Gasteiger partial charge is 0.347 e. The largest absolute Gasteiger partial charge is 0.508 e. The molecule has 0 aliphatic carbocycles. The second kappa shape index (κ2) is 17.3. The summed E-state index contributed by atoms with van der Waals surface area (Å²) in [4.78, 5) is 26.1. The molecular formula is C43H58O8. The molecule has 3 unspecified atom stereocenters. The van der Waals surface area contributed by atoms with Crippen molar-refractivity contribution in [1.82, 2.24) is 0 Å². The van der Waals surface area contributed by atoms with Crippen molar-refractivity contribution in [2.45, 2.75) is 132 Å². The van der Waals surface area contributed by atoms with Crippen molar-refractivity contribution in [3.8, 4) is 34.5 Å². The normalized spacial score (nSPS) is 16.6. The molecule has 0 amide bonds. The van der Waals surface area contributed by atoms with Gasteiger partial charge in [-0.05, 0) is 124 Å². The average molecular weight is 703 g/mol. The predicted octanol–water partition coefficient (Wildman–Crippen LogP) is 10.7. The van der Waals surface area contributed by atoms with E-state index < -0.39 is 11.9 Å². The summed E-state index contributed by atoms with van der Waals surface area (Å²) >= 11 is 0. The maximum absolute atomic E-state index is 13.4. The topological polar surface area (TPSA) is 123 Å². The average Bonchev–Trinajstić information content (AvgIpc) is 3.07. The zero-order valence-electron chi connectivity index (χ0n) is 31.9. The van der Waals surface area contributed by atoms with Crippen LogP contribution in [-0.2, 0) is 6.42 Å². The first kappa shape index (κ1) is 39.6. The Bertz CT molecular complexity index is 1690. The molecule has 0 saturated carbocycles. The fourth-order valence-corrected chi connectivity index (χ4v) is 7.15. The van der Waals surface area contributed by atoms with Gasteiger partial charge in [0.05, 0.1) is 0 Å². The molecule has 3 aromatic carbocycles. The van der Waals surface area contributed by atoms with Crippen molar-refractivity contribution >= 4 is 11.9 Å². The van der Waals surface area contributed by atoms with E-state index in [2.05, 4.69) is 34.6 Å². The van der Waals surface area contributed by atoms with Gasteiger partial charge in [-0.3, -0.25) is 0 Å². The Kier molecular flexibility index (Phi) is 13.5. The number of rotatable bonds is 16. The summed E-state index contributed by atoms with van der Waals surface area (Å²) in [7, 11) is 0. The predicted molar refractivity (Wildman–Crippen MR) is 201 cm³/mol. The van der Waals surface area contributed by atoms with Gasteiger partial charge in [0, 0.05) is 5.56 Å². The fourth-order valence-electron chi connectivity index (χ4n) is 7.15. The number of phenolic OH excluding ortho intramolecular Hbond substituents is 3. The number of esters is 2. The Balaban J connectivity index is 1.36. The van der Waals surface area contributed by atoms with Gasteiger partial charge >= 0.3 is 11.9 Å². The van der Waals surface area contributed by atoms with Crippen molar-refractivity contribution < 1.29 is 39.1 Å². The molecule has 8 nitrogen and oxygen atoms in total. The van der Waals surface area contributed by atoms with Crippen LogP contribution in [0.5, 0.6) is 34.5 Å². The van der Waals surface area contributed by atoms with Crippen LogP contribution in [0.15, 0.2) is 36.4 Å². The van der Waals surface area contributed by atoms with Gasteiger partial charge in [-0.2, -0.15) is 0 Å². The van der Waals surface area contributed by atoms with E-state index in [0.29, 0.717) is 11.7 Å². The summed E-state index contributed by atoms with van der Waals surface area (Å²) in [5.74, 6) is 0.851. The first-order valence-electron chi connectivity index (χ1n) is 18.7. The van der Waals surface area contributed by atoms with E-state index in [1.54, 1.807) is 0 Å². The molecule has 51 heavy (non-hydrogen) atoms. The van der Waals surface area contributed by atoms with Crippen molar-refractivity contribution in [3.63, 3.8) is 0 Å². The molecule has 3 aromatic rings. The highest BCUT2D eigenvalue weighted by molar-refractivity contribution is 5.96. The number of benzene rings is 3. The molecule has 3 atom stereocenters. The van der Waals surface area contributed by atoms with Crippen LogP contribution in [0.3, 0.4) is 0 Å². The zero-order valence-corrected chi connectivity index (χ0v) is 31.9. The third-order valence-corrected chi connectivity index (χ3v) is 10.6. The maximum Gasteiger partial charge on any atom is 0.347 e. The molecule has 0 spiro atoms. The highest BCUT2D eigenvalue weighted by Gasteiger charge is 2.35. The van der Waals surface area contributed by atoms with Crippen LogP contribution in [0, 0.1) is 38.5 Å². The lowest BCUT2D eigenvalue weighted by Crippen LogP contribution is -2.37. The minimum atomic E-state index is -0.945. The highest BCUT2D eigenvalue weighted by atomic mass is 16.5. The van der Waals surface area contributed by atoms with Crippen molar-refractivity contribution in [2.24, 2.45) is 17.8 Å². The molecule has 278 valence electrons. The number of hydrogen-bond acceptors (Lipinski definition) is 8. The number of carbonyl (C=O) groups is 2. The van der Waals surface area contributed by atoms with Gasteiger partial charge in [0.25, 0.3) is 0 Å². The number of aromatic hydroxyl groups is 3. The Labute approximate surface area is 304 Å². The van der Waals surface area contributed by atoms with Crippen LogP contribution >= 0.6 is 0 Å². The fraction of sp³-hybridized carbons (Fsp3) is 0.535. The third-order valence-electron chi connectivity index (χ3n) is 10.6. The number of carbonyl (C=O) groups excluding carboxylic acids is 2. The van der Waals surface area contributed by atoms with Gasteiger partial charge in [0.1, 0.15) is 51.2 Å². The van der Waals surface area contributed by atoms with E-state index in [-0.39, 0.29) is 39.7 Å². The van der Waals surface area contributed by atoms with Gasteiger partial charge < -0.3 is 29.5 Å². The third kappa shape index (κ3) is 10.4. The van der Waals surface area contributed by atoms with Gasteiger partial charge in [-0.15, -0.1) is 0 Å². The summed E-state index contributed by atoms with van der Waals surface area (Å²) in [6.45, 7) is 17.4. The van der Waals surface area contributed by atoms with Gasteiger partial charge in [0.2, 0.25) is 0 Å². The lowest BCUT2D eigenvalue weighted by Gasteiger charge is -2.38. The molecule has 0 bridgehead atoms. The van der Waals surface area contributed by atoms with Crippen molar-refractivity contribution in [1.29, 1.82) is 0 Å². The summed E-state index contributed by atoms with van der Waals surface area (Å²) < 4.78 is 18.0. The molecule has 1 aliphatic rings. The molecular weight excluding hydrogens is 644 g/mol. The second-order valence-electron chi connectivity index (χ2n) is 15.6. The lowest BCUT2D eigenvalue weighted by molar-refractivity contribution is 0.0508. The molecule has 1 aliphatic heterocycles. The molecule has 8 heteroatoms. The first-order valence-corrected chi connectivity index (χ1v) is 18.7. The van der Waals surface area contributed by atoms with E-state index >= 15 is 0 Å². The van der Waals surface area contributed by atoms with Gasteiger partial charge in [-0.25, -0.2) is 9.59 Å². The Hall–Kier alpha value is -4.20. The quantitative estimate of drug-likeness (QED) is 0.0766. The first-order chi connectivity index (χ1) is 24.1. The van der Waals surface area contributed by atoms with Crippen LogP contribution in [0.1, 0.15) is 142 Å². The lowest BCUT2D eigenvalue weighted by atomic mass is 9.83. The van der Waals surface area contributed by atoms with E-state index in [1.807, 2.05) is 20.8 Å². The van der Waals surface area contributed by atoms with Gasteiger partial charge in [-0.1, -0.05) is 72.6 Å². The summed E-state index contributed by atoms with van der Waals surface area (Å²) in [6.07, 6.45) is 12.9. The molecule has 1 heterocycles. The minimum Gasteiger partial charge on any atom is -0.508 e. The van der Waals surface area contributed by atoms with E-state index in [0.717, 1.165) is 71.6 Å². The van der Waals surface area contributed by atoms with Crippen LogP contribution in [0.2, 0.25) is 0 Å². The van der Waals surface area contributed by atoms with Crippen LogP contribution in [0.25, 0.3) is 0 Å². The van der Waals surface area contributed by atoms with Crippen LogP contribution < -0.4 is 14.2 Å². The molecule has 3 N–H and O–H groups in total.